The van der Waals surface area contributed by atoms with E-state index in [4.69, 9.17) is 5.11 Å². The van der Waals surface area contributed by atoms with Gasteiger partial charge in [0.1, 0.15) is 5.82 Å². The number of hydrogen-bond acceptors (Lipinski definition) is 1. The lowest BCUT2D eigenvalue weighted by Gasteiger charge is -1.93. The first-order valence-electron chi connectivity index (χ1n) is 4.82. The monoisotopic (exact) mass is 208 g/mol. The van der Waals surface area contributed by atoms with Gasteiger partial charge in [0.2, 0.25) is 0 Å². The van der Waals surface area contributed by atoms with Crippen LogP contribution in [-0.2, 0) is 4.79 Å². The summed E-state index contributed by atoms with van der Waals surface area (Å²) in [4.78, 5) is 10.2. The van der Waals surface area contributed by atoms with Crippen LogP contribution in [0, 0.1) is 5.82 Å². The third-order valence-corrected chi connectivity index (χ3v) is 1.92. The average Bonchev–Trinajstić information content (AvgIpc) is 2.17. The van der Waals surface area contributed by atoms with Crippen molar-refractivity contribution in [3.05, 3.63) is 41.7 Å². The topological polar surface area (TPSA) is 37.3 Å². The molecule has 0 aliphatic heterocycles. The van der Waals surface area contributed by atoms with Crippen molar-refractivity contribution in [1.82, 2.24) is 0 Å². The highest BCUT2D eigenvalue weighted by Gasteiger charge is 1.94. The van der Waals surface area contributed by atoms with Crippen LogP contribution >= 0.6 is 0 Å². The second-order valence-corrected chi connectivity index (χ2v) is 3.24. The van der Waals surface area contributed by atoms with Gasteiger partial charge in [0.05, 0.1) is 0 Å². The van der Waals surface area contributed by atoms with Crippen LogP contribution in [0.25, 0.3) is 6.08 Å². The predicted molar refractivity (Wildman–Crippen MR) is 56.9 cm³/mol. The van der Waals surface area contributed by atoms with Crippen LogP contribution in [0.2, 0.25) is 0 Å². The number of unbranched alkanes of at least 4 members (excludes halogenated alkanes) is 1. The molecular weight excluding hydrogens is 195 g/mol. The van der Waals surface area contributed by atoms with Gasteiger partial charge in [0.25, 0.3) is 0 Å². The van der Waals surface area contributed by atoms with Crippen molar-refractivity contribution < 1.29 is 14.3 Å². The Morgan fingerprint density at radius 3 is 2.93 bits per heavy atom. The number of hydrogen-bond donors (Lipinski definition) is 1. The van der Waals surface area contributed by atoms with E-state index in [9.17, 15) is 9.18 Å². The summed E-state index contributed by atoms with van der Waals surface area (Å²) in [5, 5.41) is 8.39. The first-order chi connectivity index (χ1) is 7.18. The normalized spacial score (nSPS) is 10.7. The fourth-order valence-electron chi connectivity index (χ4n) is 1.20. The van der Waals surface area contributed by atoms with Crippen molar-refractivity contribution in [2.75, 3.05) is 0 Å². The lowest BCUT2D eigenvalue weighted by Crippen LogP contribution is -1.92. The number of carboxylic acid groups (broad SMARTS) is 1. The minimum Gasteiger partial charge on any atom is -0.481 e. The minimum atomic E-state index is -0.783. The number of benzene rings is 1. The van der Waals surface area contributed by atoms with E-state index in [1.54, 1.807) is 18.2 Å². The average molecular weight is 208 g/mol. The summed E-state index contributed by atoms with van der Waals surface area (Å²) in [6, 6.07) is 6.28. The summed E-state index contributed by atoms with van der Waals surface area (Å²) >= 11 is 0. The molecule has 0 aromatic heterocycles. The maximum absolute atomic E-state index is 12.7. The molecule has 0 aliphatic carbocycles. The quantitative estimate of drug-likeness (QED) is 0.755. The number of allylic oxidation sites excluding steroid dienone is 1. The summed E-state index contributed by atoms with van der Waals surface area (Å²) in [7, 11) is 0. The molecule has 0 spiro atoms. The van der Waals surface area contributed by atoms with Crippen LogP contribution in [0.1, 0.15) is 24.8 Å². The van der Waals surface area contributed by atoms with Crippen molar-refractivity contribution in [3.8, 4) is 0 Å². The first-order valence-corrected chi connectivity index (χ1v) is 4.82. The van der Waals surface area contributed by atoms with E-state index >= 15 is 0 Å². The Hall–Kier alpha value is -1.64. The van der Waals surface area contributed by atoms with E-state index in [1.165, 1.54) is 12.1 Å². The van der Waals surface area contributed by atoms with Gasteiger partial charge in [-0.1, -0.05) is 24.3 Å². The molecule has 0 atom stereocenters. The molecule has 0 radical (unpaired) electrons. The van der Waals surface area contributed by atoms with E-state index in [-0.39, 0.29) is 12.2 Å². The number of halogens is 1. The fraction of sp³-hybridized carbons (Fsp3) is 0.250. The molecule has 1 N–H and O–H groups in total. The smallest absolute Gasteiger partial charge is 0.303 e. The van der Waals surface area contributed by atoms with Gasteiger partial charge in [-0.25, -0.2) is 4.39 Å². The molecule has 0 heterocycles. The molecule has 1 aromatic rings. The summed E-state index contributed by atoms with van der Waals surface area (Å²) in [6.07, 6.45) is 5.14. The molecular formula is C12H13FO2. The highest BCUT2D eigenvalue weighted by Crippen LogP contribution is 2.07. The van der Waals surface area contributed by atoms with Gasteiger partial charge in [-0.15, -0.1) is 0 Å². The molecule has 80 valence electrons. The van der Waals surface area contributed by atoms with Gasteiger partial charge in [-0.05, 0) is 30.5 Å². The second-order valence-electron chi connectivity index (χ2n) is 3.24. The Morgan fingerprint density at radius 2 is 2.27 bits per heavy atom. The summed E-state index contributed by atoms with van der Waals surface area (Å²) in [5.74, 6) is -1.04. The lowest BCUT2D eigenvalue weighted by atomic mass is 10.1. The van der Waals surface area contributed by atoms with E-state index in [0.717, 1.165) is 5.56 Å². The zero-order chi connectivity index (χ0) is 11.1. The van der Waals surface area contributed by atoms with Crippen LogP contribution in [0.4, 0.5) is 4.39 Å². The Morgan fingerprint density at radius 1 is 1.47 bits per heavy atom. The van der Waals surface area contributed by atoms with Gasteiger partial charge >= 0.3 is 5.97 Å². The number of carboxylic acids is 1. The Labute approximate surface area is 88.1 Å². The van der Waals surface area contributed by atoms with Crippen LogP contribution in [0.3, 0.4) is 0 Å². The van der Waals surface area contributed by atoms with Gasteiger partial charge in [0.15, 0.2) is 0 Å². The summed E-state index contributed by atoms with van der Waals surface area (Å²) < 4.78 is 12.7. The van der Waals surface area contributed by atoms with E-state index in [1.807, 2.05) is 6.08 Å². The lowest BCUT2D eigenvalue weighted by molar-refractivity contribution is -0.137. The summed E-state index contributed by atoms with van der Waals surface area (Å²) in [6.45, 7) is 0. The summed E-state index contributed by atoms with van der Waals surface area (Å²) in [5.41, 5.74) is 0.797. The Balaban J connectivity index is 2.35. The number of carbonyl (C=O) groups is 1. The number of aliphatic carboxylic acids is 1. The molecule has 0 fully saturated rings. The SMILES string of the molecule is O=C(O)CCC/C=C/c1cccc(F)c1. The van der Waals surface area contributed by atoms with Crippen LogP contribution in [0.15, 0.2) is 30.3 Å². The van der Waals surface area contributed by atoms with Crippen LogP contribution in [-0.4, -0.2) is 11.1 Å². The molecule has 2 nitrogen and oxygen atoms in total. The Bertz CT molecular complexity index is 358. The maximum Gasteiger partial charge on any atom is 0.303 e. The molecule has 0 amide bonds. The molecule has 0 bridgehead atoms. The first kappa shape index (κ1) is 11.4. The molecule has 0 saturated carbocycles. The van der Waals surface area contributed by atoms with E-state index in [0.29, 0.717) is 12.8 Å². The zero-order valence-electron chi connectivity index (χ0n) is 8.32. The minimum absolute atomic E-state index is 0.174. The molecule has 1 aromatic carbocycles. The molecule has 0 aliphatic rings. The van der Waals surface area contributed by atoms with Crippen molar-refractivity contribution in [2.24, 2.45) is 0 Å². The molecule has 1 rings (SSSR count). The molecule has 3 heteroatoms. The third kappa shape index (κ3) is 4.96. The van der Waals surface area contributed by atoms with Gasteiger partial charge in [0, 0.05) is 6.42 Å². The molecule has 15 heavy (non-hydrogen) atoms. The van der Waals surface area contributed by atoms with Crippen molar-refractivity contribution in [1.29, 1.82) is 0 Å². The third-order valence-electron chi connectivity index (χ3n) is 1.92. The highest BCUT2D eigenvalue weighted by atomic mass is 19.1. The predicted octanol–water partition coefficient (Wildman–Crippen LogP) is 3.09. The van der Waals surface area contributed by atoms with E-state index < -0.39 is 5.97 Å². The van der Waals surface area contributed by atoms with Crippen molar-refractivity contribution in [2.45, 2.75) is 19.3 Å². The fourth-order valence-corrected chi connectivity index (χ4v) is 1.20. The van der Waals surface area contributed by atoms with Crippen LogP contribution < -0.4 is 0 Å². The van der Waals surface area contributed by atoms with Gasteiger partial charge in [-0.3, -0.25) is 4.79 Å². The molecule has 0 saturated heterocycles. The maximum atomic E-state index is 12.7. The van der Waals surface area contributed by atoms with Gasteiger partial charge < -0.3 is 5.11 Å². The van der Waals surface area contributed by atoms with Crippen molar-refractivity contribution in [3.63, 3.8) is 0 Å². The largest absolute Gasteiger partial charge is 0.481 e. The highest BCUT2D eigenvalue weighted by molar-refractivity contribution is 5.66. The van der Waals surface area contributed by atoms with Gasteiger partial charge in [-0.2, -0.15) is 0 Å². The molecule has 0 unspecified atom stereocenters. The second kappa shape index (κ2) is 5.96. The van der Waals surface area contributed by atoms with Crippen molar-refractivity contribution >= 4 is 12.0 Å². The van der Waals surface area contributed by atoms with Crippen LogP contribution in [0.5, 0.6) is 0 Å². The van der Waals surface area contributed by atoms with E-state index in [2.05, 4.69) is 0 Å². The standard InChI is InChI=1S/C12H13FO2/c13-11-7-4-6-10(9-11)5-2-1-3-8-12(14)15/h2,4-7,9H,1,3,8H2,(H,14,15)/b5-2+. The Kier molecular flexibility index (Phi) is 4.54. The number of rotatable bonds is 5. The zero-order valence-corrected chi connectivity index (χ0v) is 8.32.